The Morgan fingerprint density at radius 2 is 1.85 bits per heavy atom. The van der Waals surface area contributed by atoms with E-state index >= 15 is 0 Å². The van der Waals surface area contributed by atoms with Crippen molar-refractivity contribution in [2.75, 3.05) is 5.32 Å². The number of hydrogen-bond acceptors (Lipinski definition) is 3. The Balaban J connectivity index is 2.05. The molecule has 1 aromatic heterocycles. The molecular formula is C12H7Cl3N2O2S. The van der Waals surface area contributed by atoms with E-state index < -0.39 is 5.91 Å². The van der Waals surface area contributed by atoms with Gasteiger partial charge in [0.15, 0.2) is 10.9 Å². The van der Waals surface area contributed by atoms with Gasteiger partial charge in [0, 0.05) is 0 Å². The molecule has 0 unspecified atom stereocenters. The lowest BCUT2D eigenvalue weighted by molar-refractivity contribution is 0.0950. The molecule has 1 heterocycles. The van der Waals surface area contributed by atoms with E-state index in [1.807, 2.05) is 0 Å². The molecule has 0 saturated heterocycles. The molecule has 0 fully saturated rings. The van der Waals surface area contributed by atoms with E-state index in [-0.39, 0.29) is 10.9 Å². The van der Waals surface area contributed by atoms with Crippen LogP contribution in [0.25, 0.3) is 0 Å². The molecule has 0 bridgehead atoms. The van der Waals surface area contributed by atoms with Gasteiger partial charge in [-0.05, 0) is 36.5 Å². The number of anilines is 1. The number of amides is 1. The highest BCUT2D eigenvalue weighted by atomic mass is 35.5. The summed E-state index contributed by atoms with van der Waals surface area (Å²) in [6, 6.07) is 6.10. The quantitative estimate of drug-likeness (QED) is 0.624. The molecular weight excluding hydrogens is 343 g/mol. The van der Waals surface area contributed by atoms with Gasteiger partial charge >= 0.3 is 0 Å². The minimum absolute atomic E-state index is 0.0617. The number of rotatable bonds is 2. The SMILES string of the molecule is O=C(NC(=S)Nc1cc(Cl)c(Cl)cc1Cl)c1ccco1. The summed E-state index contributed by atoms with van der Waals surface area (Å²) in [4.78, 5) is 11.7. The topological polar surface area (TPSA) is 54.3 Å². The predicted octanol–water partition coefficient (Wildman–Crippen LogP) is 4.37. The van der Waals surface area contributed by atoms with Crippen molar-refractivity contribution in [1.29, 1.82) is 0 Å². The first-order valence-electron chi connectivity index (χ1n) is 5.28. The van der Waals surface area contributed by atoms with Crippen molar-refractivity contribution in [3.05, 3.63) is 51.4 Å². The summed E-state index contributed by atoms with van der Waals surface area (Å²) in [5.74, 6) is -0.321. The monoisotopic (exact) mass is 348 g/mol. The summed E-state index contributed by atoms with van der Waals surface area (Å²) in [5.41, 5.74) is 0.436. The van der Waals surface area contributed by atoms with Crippen molar-refractivity contribution < 1.29 is 9.21 Å². The molecule has 0 saturated carbocycles. The third-order valence-corrected chi connectivity index (χ3v) is 3.47. The molecule has 2 aromatic rings. The van der Waals surface area contributed by atoms with E-state index in [4.69, 9.17) is 51.4 Å². The summed E-state index contributed by atoms with van der Waals surface area (Å²) in [5, 5.41) is 6.23. The lowest BCUT2D eigenvalue weighted by atomic mass is 10.3. The van der Waals surface area contributed by atoms with Gasteiger partial charge in [-0.1, -0.05) is 34.8 Å². The summed E-state index contributed by atoms with van der Waals surface area (Å²) < 4.78 is 4.94. The maximum atomic E-state index is 11.7. The Morgan fingerprint density at radius 3 is 2.50 bits per heavy atom. The van der Waals surface area contributed by atoms with E-state index in [0.717, 1.165) is 0 Å². The first-order chi connectivity index (χ1) is 9.47. The van der Waals surface area contributed by atoms with Gasteiger partial charge < -0.3 is 9.73 Å². The van der Waals surface area contributed by atoms with Gasteiger partial charge in [-0.2, -0.15) is 0 Å². The molecule has 1 aromatic carbocycles. The Bertz CT molecular complexity index is 659. The lowest BCUT2D eigenvalue weighted by Gasteiger charge is -2.11. The first kappa shape index (κ1) is 15.1. The average molecular weight is 350 g/mol. The van der Waals surface area contributed by atoms with Crippen molar-refractivity contribution in [3.8, 4) is 0 Å². The van der Waals surface area contributed by atoms with Crippen molar-refractivity contribution in [2.45, 2.75) is 0 Å². The molecule has 4 nitrogen and oxygen atoms in total. The van der Waals surface area contributed by atoms with Crippen molar-refractivity contribution in [1.82, 2.24) is 5.32 Å². The summed E-state index contributed by atoms with van der Waals surface area (Å²) in [7, 11) is 0. The molecule has 8 heteroatoms. The van der Waals surface area contributed by atoms with Gasteiger partial charge in [0.1, 0.15) is 0 Å². The van der Waals surface area contributed by atoms with Crippen LogP contribution in [0.3, 0.4) is 0 Å². The third-order valence-electron chi connectivity index (χ3n) is 2.23. The molecule has 104 valence electrons. The first-order valence-corrected chi connectivity index (χ1v) is 6.82. The number of hydrogen-bond donors (Lipinski definition) is 2. The van der Waals surface area contributed by atoms with Gasteiger partial charge in [0.25, 0.3) is 5.91 Å². The number of benzene rings is 1. The summed E-state index contributed by atoms with van der Waals surface area (Å²) >= 11 is 22.7. The number of nitrogens with one attached hydrogen (secondary N) is 2. The number of halogens is 3. The zero-order valence-corrected chi connectivity index (χ0v) is 12.8. The number of thiocarbonyl (C=S) groups is 1. The van der Waals surface area contributed by atoms with Crippen LogP contribution < -0.4 is 10.6 Å². The van der Waals surface area contributed by atoms with Crippen LogP contribution in [0.4, 0.5) is 5.69 Å². The lowest BCUT2D eigenvalue weighted by Crippen LogP contribution is -2.33. The Labute approximate surface area is 135 Å². The molecule has 0 aliphatic rings. The van der Waals surface area contributed by atoms with Crippen LogP contribution >= 0.6 is 47.0 Å². The second-order valence-electron chi connectivity index (χ2n) is 3.63. The fourth-order valence-electron chi connectivity index (χ4n) is 1.34. The van der Waals surface area contributed by atoms with E-state index in [9.17, 15) is 4.79 Å². The van der Waals surface area contributed by atoms with Gasteiger partial charge in [-0.15, -0.1) is 0 Å². The average Bonchev–Trinajstić information content (AvgIpc) is 2.89. The maximum Gasteiger partial charge on any atom is 0.293 e. The highest BCUT2D eigenvalue weighted by Gasteiger charge is 2.12. The minimum Gasteiger partial charge on any atom is -0.459 e. The predicted molar refractivity (Wildman–Crippen MR) is 83.9 cm³/mol. The Morgan fingerprint density at radius 1 is 1.15 bits per heavy atom. The summed E-state index contributed by atoms with van der Waals surface area (Å²) in [6.07, 6.45) is 1.39. The standard InChI is InChI=1S/C12H7Cl3N2O2S/c13-6-4-8(15)9(5-7(6)14)16-12(20)17-11(18)10-2-1-3-19-10/h1-5H,(H2,16,17,18,20). The van der Waals surface area contributed by atoms with Gasteiger partial charge in [0.2, 0.25) is 0 Å². The van der Waals surface area contributed by atoms with E-state index in [0.29, 0.717) is 20.8 Å². The molecule has 0 spiro atoms. The van der Waals surface area contributed by atoms with E-state index in [1.165, 1.54) is 24.5 Å². The van der Waals surface area contributed by atoms with Gasteiger partial charge in [0.05, 0.1) is 27.0 Å². The second kappa shape index (κ2) is 6.45. The zero-order chi connectivity index (χ0) is 14.7. The summed E-state index contributed by atoms with van der Waals surface area (Å²) in [6.45, 7) is 0. The maximum absolute atomic E-state index is 11.7. The van der Waals surface area contributed by atoms with Crippen molar-refractivity contribution in [2.24, 2.45) is 0 Å². The van der Waals surface area contributed by atoms with Crippen LogP contribution in [-0.2, 0) is 0 Å². The smallest absolute Gasteiger partial charge is 0.293 e. The number of furan rings is 1. The van der Waals surface area contributed by atoms with Crippen LogP contribution in [0, 0.1) is 0 Å². The van der Waals surface area contributed by atoms with Crippen molar-refractivity contribution in [3.63, 3.8) is 0 Å². The van der Waals surface area contributed by atoms with Crippen LogP contribution in [-0.4, -0.2) is 11.0 Å². The van der Waals surface area contributed by atoms with E-state index in [2.05, 4.69) is 10.6 Å². The molecule has 2 N–H and O–H groups in total. The molecule has 0 aliphatic heterocycles. The molecule has 0 radical (unpaired) electrons. The van der Waals surface area contributed by atoms with Crippen molar-refractivity contribution >= 4 is 63.7 Å². The van der Waals surface area contributed by atoms with Crippen LogP contribution in [0.1, 0.15) is 10.6 Å². The molecule has 0 atom stereocenters. The number of carbonyl (C=O) groups is 1. The van der Waals surface area contributed by atoms with Crippen LogP contribution in [0.2, 0.25) is 15.1 Å². The molecule has 2 rings (SSSR count). The van der Waals surface area contributed by atoms with Gasteiger partial charge in [-0.25, -0.2) is 0 Å². The molecule has 0 aliphatic carbocycles. The van der Waals surface area contributed by atoms with Gasteiger partial charge in [-0.3, -0.25) is 10.1 Å². The normalized spacial score (nSPS) is 10.2. The van der Waals surface area contributed by atoms with E-state index in [1.54, 1.807) is 6.07 Å². The minimum atomic E-state index is -0.469. The van der Waals surface area contributed by atoms with Crippen LogP contribution in [0.15, 0.2) is 34.9 Å². The Kier molecular flexibility index (Phi) is 4.88. The number of carbonyl (C=O) groups excluding carboxylic acids is 1. The fraction of sp³-hybridized carbons (Fsp3) is 0. The largest absolute Gasteiger partial charge is 0.459 e. The Hall–Kier alpha value is -1.27. The molecule has 20 heavy (non-hydrogen) atoms. The fourth-order valence-corrected chi connectivity index (χ4v) is 2.14. The van der Waals surface area contributed by atoms with Crippen LogP contribution in [0.5, 0.6) is 0 Å². The highest BCUT2D eigenvalue weighted by Crippen LogP contribution is 2.32. The third kappa shape index (κ3) is 3.64. The zero-order valence-electron chi connectivity index (χ0n) is 9.75. The second-order valence-corrected chi connectivity index (χ2v) is 5.26. The molecule has 1 amide bonds. The highest BCUT2D eigenvalue weighted by molar-refractivity contribution is 7.80.